The number of ether oxygens (including phenoxy) is 4. The number of rotatable bonds is 19. The molecule has 0 bridgehead atoms. The first-order valence-corrected chi connectivity index (χ1v) is 13.9. The van der Waals surface area contributed by atoms with Gasteiger partial charge in [0.2, 0.25) is 5.92 Å². The maximum atomic E-state index is 12.9. The lowest BCUT2D eigenvalue weighted by atomic mass is 9.79. The molecular weight excluding hydrogens is 494 g/mol. The predicted molar refractivity (Wildman–Crippen MR) is 139 cm³/mol. The van der Waals surface area contributed by atoms with Crippen molar-refractivity contribution in [3.63, 3.8) is 0 Å². The first-order chi connectivity index (χ1) is 16.4. The molecule has 0 fully saturated rings. The van der Waals surface area contributed by atoms with Crippen LogP contribution in [0, 0.1) is 17.3 Å². The predicted octanol–water partition coefficient (Wildman–Crippen LogP) is 3.33. The summed E-state index contributed by atoms with van der Waals surface area (Å²) in [6.07, 6.45) is 1.40. The van der Waals surface area contributed by atoms with Gasteiger partial charge in [-0.15, -0.1) is 0 Å². The second-order valence-corrected chi connectivity index (χ2v) is 11.3. The van der Waals surface area contributed by atoms with E-state index in [9.17, 15) is 19.2 Å². The molecule has 9 nitrogen and oxygen atoms in total. The lowest BCUT2D eigenvalue weighted by Crippen LogP contribution is -2.34. The molecule has 1 atom stereocenters. The Morgan fingerprint density at radius 1 is 1.00 bits per heavy atom. The zero-order valence-electron chi connectivity index (χ0n) is 21.8. The van der Waals surface area contributed by atoms with Crippen molar-refractivity contribution in [2.75, 3.05) is 58.6 Å². The number of hydrogen-bond donors (Lipinski definition) is 0. The van der Waals surface area contributed by atoms with Gasteiger partial charge < -0.3 is 23.8 Å². The molecule has 11 heteroatoms. The normalized spacial score (nSPS) is 12.0. The Bertz CT molecular complexity index is 684. The van der Waals surface area contributed by atoms with Gasteiger partial charge in [-0.3, -0.25) is 9.59 Å². The molecule has 0 saturated heterocycles. The molecule has 0 heterocycles. The van der Waals surface area contributed by atoms with Crippen LogP contribution in [0.1, 0.15) is 40.5 Å². The van der Waals surface area contributed by atoms with Crippen LogP contribution in [0.25, 0.3) is 0 Å². The summed E-state index contributed by atoms with van der Waals surface area (Å²) < 4.78 is 20.8. The fraction of sp³-hybridized carbons (Fsp3) is 0.708. The average molecular weight is 535 g/mol. The molecular formula is C24H40NO8S2+. The van der Waals surface area contributed by atoms with E-state index in [4.69, 9.17) is 18.9 Å². The summed E-state index contributed by atoms with van der Waals surface area (Å²) >= 11 is 0. The van der Waals surface area contributed by atoms with Crippen molar-refractivity contribution in [2.45, 2.75) is 40.5 Å². The molecule has 0 radical (unpaired) electrons. The lowest BCUT2D eigenvalue weighted by Gasteiger charge is -2.25. The van der Waals surface area contributed by atoms with Crippen molar-refractivity contribution in [1.29, 1.82) is 0 Å². The standard InChI is InChI=1S/C24H40NO8S2/c1-8-20(26)31-12-14-34-35-15-13-33-22(28)19(17-24(4,5)23(29)30-9-2)16-18(3)21(27)32-11-10-25(6)7/h8,19H,1,9-17H2,2-7H3/q+1. The smallest absolute Gasteiger partial charge is 0.466 e. The van der Waals surface area contributed by atoms with Gasteiger partial charge in [-0.1, -0.05) is 28.2 Å². The number of carbonyl (C=O) groups is 4. The van der Waals surface area contributed by atoms with Crippen LogP contribution in [0.5, 0.6) is 0 Å². The zero-order chi connectivity index (χ0) is 26.9. The summed E-state index contributed by atoms with van der Waals surface area (Å²) in [5.74, 6) is -0.997. The highest BCUT2D eigenvalue weighted by Crippen LogP contribution is 2.32. The minimum Gasteiger partial charge on any atom is -0.466 e. The van der Waals surface area contributed by atoms with Crippen molar-refractivity contribution in [2.24, 2.45) is 11.3 Å². The van der Waals surface area contributed by atoms with Gasteiger partial charge >= 0.3 is 23.9 Å². The highest BCUT2D eigenvalue weighted by Gasteiger charge is 2.41. The quantitative estimate of drug-likeness (QED) is 0.0608. The van der Waals surface area contributed by atoms with Crippen molar-refractivity contribution in [3.05, 3.63) is 18.6 Å². The van der Waals surface area contributed by atoms with Crippen LogP contribution in [-0.4, -0.2) is 87.4 Å². The van der Waals surface area contributed by atoms with Crippen LogP contribution < -0.4 is 0 Å². The molecule has 0 rings (SSSR count). The van der Waals surface area contributed by atoms with Gasteiger partial charge in [-0.25, -0.2) is 4.79 Å². The fourth-order valence-electron chi connectivity index (χ4n) is 2.81. The maximum absolute atomic E-state index is 12.9. The average Bonchev–Trinajstić information content (AvgIpc) is 2.79. The third-order valence-electron chi connectivity index (χ3n) is 4.66. The van der Waals surface area contributed by atoms with E-state index in [0.717, 1.165) is 6.08 Å². The van der Waals surface area contributed by atoms with E-state index >= 15 is 0 Å². The van der Waals surface area contributed by atoms with Gasteiger partial charge in [0.15, 0.2) is 0 Å². The molecule has 0 aliphatic heterocycles. The molecule has 0 N–H and O–H groups in total. The number of hydrogen-bond acceptors (Lipinski definition) is 11. The topological polar surface area (TPSA) is 108 Å². The van der Waals surface area contributed by atoms with Gasteiger partial charge in [-0.2, -0.15) is 4.79 Å². The van der Waals surface area contributed by atoms with Crippen LogP contribution in [0.15, 0.2) is 12.7 Å². The molecule has 35 heavy (non-hydrogen) atoms. The molecule has 0 aromatic heterocycles. The van der Waals surface area contributed by atoms with Gasteiger partial charge in [-0.05, 0) is 41.3 Å². The fourth-order valence-corrected chi connectivity index (χ4v) is 4.46. The molecule has 0 amide bonds. The van der Waals surface area contributed by atoms with Crippen molar-refractivity contribution >= 4 is 45.5 Å². The number of nitrogens with zero attached hydrogens (tertiary/aromatic N) is 1. The molecule has 200 valence electrons. The second-order valence-electron chi connectivity index (χ2n) is 8.61. The summed E-state index contributed by atoms with van der Waals surface area (Å²) in [5, 5.41) is 0. The van der Waals surface area contributed by atoms with E-state index < -0.39 is 35.2 Å². The van der Waals surface area contributed by atoms with Gasteiger partial charge in [0, 0.05) is 24.1 Å². The lowest BCUT2D eigenvalue weighted by molar-refractivity contribution is -0.157. The summed E-state index contributed by atoms with van der Waals surface area (Å²) in [7, 11) is 6.73. The van der Waals surface area contributed by atoms with Crippen LogP contribution in [0.2, 0.25) is 0 Å². The Balaban J connectivity index is 4.83. The summed E-state index contributed by atoms with van der Waals surface area (Å²) in [6, 6.07) is 0. The SMILES string of the molecule is C=CC(=O)OCCSSCCOC(=O)C(C[C+](C)C(=O)OCCN(C)C)CC(C)(C)C(=O)OCC. The Morgan fingerprint density at radius 3 is 2.14 bits per heavy atom. The highest BCUT2D eigenvalue weighted by atomic mass is 33.1. The van der Waals surface area contributed by atoms with Crippen LogP contribution in [0.4, 0.5) is 0 Å². The largest absolute Gasteiger partial charge is 0.498 e. The van der Waals surface area contributed by atoms with Gasteiger partial charge in [0.05, 0.1) is 24.9 Å². The van der Waals surface area contributed by atoms with Gasteiger partial charge in [0.25, 0.3) is 0 Å². The summed E-state index contributed by atoms with van der Waals surface area (Å²) in [5.41, 5.74) is -0.928. The second kappa shape index (κ2) is 18.4. The van der Waals surface area contributed by atoms with E-state index in [1.165, 1.54) is 21.6 Å². The molecule has 0 aromatic carbocycles. The Hall–Kier alpha value is -1.85. The van der Waals surface area contributed by atoms with E-state index in [-0.39, 0.29) is 39.3 Å². The molecule has 0 spiro atoms. The van der Waals surface area contributed by atoms with Crippen LogP contribution >= 0.6 is 21.6 Å². The minimum atomic E-state index is -0.928. The number of carbonyl (C=O) groups excluding carboxylic acids is 4. The summed E-state index contributed by atoms with van der Waals surface area (Å²) in [4.78, 5) is 50.5. The Kier molecular flexibility index (Phi) is 17.4. The van der Waals surface area contributed by atoms with Crippen molar-refractivity contribution < 1.29 is 38.1 Å². The zero-order valence-corrected chi connectivity index (χ0v) is 23.4. The third kappa shape index (κ3) is 15.7. The Morgan fingerprint density at radius 2 is 1.60 bits per heavy atom. The maximum Gasteiger partial charge on any atom is 0.498 e. The van der Waals surface area contributed by atoms with E-state index in [1.807, 2.05) is 19.0 Å². The number of esters is 4. The molecule has 1 unspecified atom stereocenters. The van der Waals surface area contributed by atoms with Crippen molar-refractivity contribution in [1.82, 2.24) is 4.90 Å². The molecule has 0 saturated carbocycles. The van der Waals surface area contributed by atoms with E-state index in [1.54, 1.807) is 27.7 Å². The number of likely N-dealkylation sites (N-methyl/N-ethyl adjacent to an activating group) is 1. The minimum absolute atomic E-state index is 0.124. The third-order valence-corrected chi connectivity index (χ3v) is 7.00. The first kappa shape index (κ1) is 33.1. The molecule has 0 aliphatic rings. The highest BCUT2D eigenvalue weighted by molar-refractivity contribution is 8.76. The first-order valence-electron chi connectivity index (χ1n) is 11.5. The summed E-state index contributed by atoms with van der Waals surface area (Å²) in [6.45, 7) is 11.6. The molecule has 0 aromatic rings. The van der Waals surface area contributed by atoms with Gasteiger partial charge in [0.1, 0.15) is 26.2 Å². The monoisotopic (exact) mass is 534 g/mol. The van der Waals surface area contributed by atoms with Crippen molar-refractivity contribution in [3.8, 4) is 0 Å². The van der Waals surface area contributed by atoms with E-state index in [2.05, 4.69) is 6.58 Å². The van der Waals surface area contributed by atoms with E-state index in [0.29, 0.717) is 24.0 Å². The van der Waals surface area contributed by atoms with Crippen LogP contribution in [-0.2, 0) is 38.1 Å². The van der Waals surface area contributed by atoms with Crippen LogP contribution in [0.3, 0.4) is 0 Å². The Labute approximate surface area is 217 Å². The molecule has 0 aliphatic carbocycles.